The number of amides is 1. The zero-order valence-electron chi connectivity index (χ0n) is 11.3. The van der Waals surface area contributed by atoms with Crippen LogP contribution in [-0.2, 0) is 18.3 Å². The SMILES string of the molecule is CC(C)NC1CCN(CCc2nncn2C)C1=O. The van der Waals surface area contributed by atoms with E-state index in [1.54, 1.807) is 6.33 Å². The molecule has 1 aromatic heterocycles. The van der Waals surface area contributed by atoms with E-state index in [1.165, 1.54) is 0 Å². The number of aryl methyl sites for hydroxylation is 1. The number of hydrogen-bond acceptors (Lipinski definition) is 4. The van der Waals surface area contributed by atoms with E-state index < -0.39 is 0 Å². The number of rotatable bonds is 5. The third kappa shape index (κ3) is 2.87. The number of carbonyl (C=O) groups is 1. The molecule has 100 valence electrons. The van der Waals surface area contributed by atoms with E-state index in [0.29, 0.717) is 6.04 Å². The molecule has 1 aliphatic rings. The summed E-state index contributed by atoms with van der Waals surface area (Å²) in [5, 5.41) is 11.2. The number of nitrogens with one attached hydrogen (secondary N) is 1. The summed E-state index contributed by atoms with van der Waals surface area (Å²) in [4.78, 5) is 14.0. The van der Waals surface area contributed by atoms with Crippen molar-refractivity contribution in [3.05, 3.63) is 12.2 Å². The molecule has 0 aromatic carbocycles. The van der Waals surface area contributed by atoms with Gasteiger partial charge >= 0.3 is 0 Å². The molecule has 1 aliphatic heterocycles. The molecular weight excluding hydrogens is 230 g/mol. The fourth-order valence-electron chi connectivity index (χ4n) is 2.29. The first-order valence-corrected chi connectivity index (χ1v) is 6.45. The second kappa shape index (κ2) is 5.48. The molecule has 1 atom stereocenters. The van der Waals surface area contributed by atoms with Gasteiger partial charge in [-0.3, -0.25) is 4.79 Å². The summed E-state index contributed by atoms with van der Waals surface area (Å²) in [6, 6.07) is 0.335. The van der Waals surface area contributed by atoms with Gasteiger partial charge in [0.05, 0.1) is 6.04 Å². The van der Waals surface area contributed by atoms with Crippen LogP contribution in [0.25, 0.3) is 0 Å². The van der Waals surface area contributed by atoms with Gasteiger partial charge in [-0.1, -0.05) is 13.8 Å². The molecule has 18 heavy (non-hydrogen) atoms. The summed E-state index contributed by atoms with van der Waals surface area (Å²) in [6.45, 7) is 5.69. The summed E-state index contributed by atoms with van der Waals surface area (Å²) < 4.78 is 1.89. The maximum absolute atomic E-state index is 12.1. The van der Waals surface area contributed by atoms with Gasteiger partial charge in [0.25, 0.3) is 0 Å². The Balaban J connectivity index is 1.85. The van der Waals surface area contributed by atoms with E-state index in [9.17, 15) is 4.79 Å². The summed E-state index contributed by atoms with van der Waals surface area (Å²) in [7, 11) is 1.92. The lowest BCUT2D eigenvalue weighted by Gasteiger charge is -2.18. The van der Waals surface area contributed by atoms with E-state index in [-0.39, 0.29) is 11.9 Å². The van der Waals surface area contributed by atoms with Gasteiger partial charge in [-0.05, 0) is 6.42 Å². The van der Waals surface area contributed by atoms with Crippen LogP contribution < -0.4 is 5.32 Å². The van der Waals surface area contributed by atoms with Crippen molar-refractivity contribution in [2.24, 2.45) is 7.05 Å². The highest BCUT2D eigenvalue weighted by Crippen LogP contribution is 2.12. The number of carbonyl (C=O) groups excluding carboxylic acids is 1. The van der Waals surface area contributed by atoms with Gasteiger partial charge in [-0.25, -0.2) is 0 Å². The first kappa shape index (κ1) is 13.0. The fraction of sp³-hybridized carbons (Fsp3) is 0.750. The van der Waals surface area contributed by atoms with Gasteiger partial charge in [0.2, 0.25) is 5.91 Å². The molecule has 1 aromatic rings. The molecular formula is C12H21N5O. The number of nitrogens with zero attached hydrogens (tertiary/aromatic N) is 4. The maximum Gasteiger partial charge on any atom is 0.239 e. The second-order valence-electron chi connectivity index (χ2n) is 5.10. The molecule has 1 N–H and O–H groups in total. The summed E-state index contributed by atoms with van der Waals surface area (Å²) in [5.41, 5.74) is 0. The second-order valence-corrected chi connectivity index (χ2v) is 5.10. The van der Waals surface area contributed by atoms with E-state index in [1.807, 2.05) is 16.5 Å². The lowest BCUT2D eigenvalue weighted by Crippen LogP contribution is -2.42. The van der Waals surface area contributed by atoms with E-state index in [4.69, 9.17) is 0 Å². The standard InChI is InChI=1S/C12H21N5O/c1-9(2)14-10-4-6-17(12(10)18)7-5-11-15-13-8-16(11)3/h8-10,14H,4-7H2,1-3H3. The van der Waals surface area contributed by atoms with Crippen LogP contribution in [0.1, 0.15) is 26.1 Å². The predicted molar refractivity (Wildman–Crippen MR) is 68.0 cm³/mol. The Morgan fingerprint density at radius 3 is 2.94 bits per heavy atom. The Labute approximate surface area is 107 Å². The molecule has 0 spiro atoms. The van der Waals surface area contributed by atoms with E-state index in [0.717, 1.165) is 31.8 Å². The zero-order valence-corrected chi connectivity index (χ0v) is 11.3. The van der Waals surface area contributed by atoms with Crippen molar-refractivity contribution < 1.29 is 4.79 Å². The van der Waals surface area contributed by atoms with E-state index >= 15 is 0 Å². The molecule has 2 heterocycles. The minimum absolute atomic E-state index is 0.00973. The van der Waals surface area contributed by atoms with E-state index in [2.05, 4.69) is 29.4 Å². The molecule has 0 bridgehead atoms. The van der Waals surface area contributed by atoms with Crippen molar-refractivity contribution in [1.82, 2.24) is 25.0 Å². The number of aromatic nitrogens is 3. The third-order valence-corrected chi connectivity index (χ3v) is 3.24. The molecule has 6 nitrogen and oxygen atoms in total. The van der Waals surface area contributed by atoms with Crippen molar-refractivity contribution in [1.29, 1.82) is 0 Å². The first-order valence-electron chi connectivity index (χ1n) is 6.45. The van der Waals surface area contributed by atoms with Crippen LogP contribution in [0.4, 0.5) is 0 Å². The van der Waals surface area contributed by atoms with Crippen LogP contribution >= 0.6 is 0 Å². The predicted octanol–water partition coefficient (Wildman–Crippen LogP) is -0.0435. The molecule has 0 saturated carbocycles. The van der Waals surface area contributed by atoms with Gasteiger partial charge < -0.3 is 14.8 Å². The molecule has 1 amide bonds. The molecule has 1 fully saturated rings. The van der Waals surface area contributed by atoms with Gasteiger partial charge in [-0.2, -0.15) is 0 Å². The van der Waals surface area contributed by atoms with Crippen LogP contribution in [0.3, 0.4) is 0 Å². The van der Waals surface area contributed by atoms with Crippen LogP contribution in [0.15, 0.2) is 6.33 Å². The van der Waals surface area contributed by atoms with Gasteiger partial charge in [0.15, 0.2) is 0 Å². The Bertz CT molecular complexity index is 414. The smallest absolute Gasteiger partial charge is 0.239 e. The number of hydrogen-bond donors (Lipinski definition) is 1. The Morgan fingerprint density at radius 1 is 1.56 bits per heavy atom. The fourth-order valence-corrected chi connectivity index (χ4v) is 2.29. The molecule has 0 radical (unpaired) electrons. The summed E-state index contributed by atoms with van der Waals surface area (Å²) in [5.74, 6) is 1.13. The lowest BCUT2D eigenvalue weighted by molar-refractivity contribution is -0.129. The topological polar surface area (TPSA) is 63.0 Å². The Kier molecular flexibility index (Phi) is 3.96. The van der Waals surface area contributed by atoms with Crippen LogP contribution in [0, 0.1) is 0 Å². The molecule has 6 heteroatoms. The monoisotopic (exact) mass is 251 g/mol. The average Bonchev–Trinajstić information content (AvgIpc) is 2.85. The highest BCUT2D eigenvalue weighted by atomic mass is 16.2. The molecule has 1 saturated heterocycles. The van der Waals surface area contributed by atoms with Gasteiger partial charge in [-0.15, -0.1) is 10.2 Å². The highest BCUT2D eigenvalue weighted by molar-refractivity contribution is 5.84. The van der Waals surface area contributed by atoms with Crippen molar-refractivity contribution in [2.45, 2.75) is 38.8 Å². The van der Waals surface area contributed by atoms with Crippen molar-refractivity contribution in [3.8, 4) is 0 Å². The Hall–Kier alpha value is -1.43. The van der Waals surface area contributed by atoms with Gasteiger partial charge in [0, 0.05) is 32.6 Å². The largest absolute Gasteiger partial charge is 0.341 e. The maximum atomic E-state index is 12.1. The molecule has 0 aliphatic carbocycles. The summed E-state index contributed by atoms with van der Waals surface area (Å²) >= 11 is 0. The van der Waals surface area contributed by atoms with Gasteiger partial charge in [0.1, 0.15) is 12.2 Å². The van der Waals surface area contributed by atoms with Crippen molar-refractivity contribution in [3.63, 3.8) is 0 Å². The van der Waals surface area contributed by atoms with Crippen LogP contribution in [0.2, 0.25) is 0 Å². The van der Waals surface area contributed by atoms with Crippen LogP contribution in [-0.4, -0.2) is 50.7 Å². The summed E-state index contributed by atoms with van der Waals surface area (Å²) in [6.07, 6.45) is 3.34. The molecule has 1 unspecified atom stereocenters. The number of likely N-dealkylation sites (tertiary alicyclic amines) is 1. The zero-order chi connectivity index (χ0) is 13.1. The normalized spacial score (nSPS) is 20.1. The minimum Gasteiger partial charge on any atom is -0.341 e. The first-order chi connectivity index (χ1) is 8.58. The van der Waals surface area contributed by atoms with Crippen molar-refractivity contribution in [2.75, 3.05) is 13.1 Å². The quantitative estimate of drug-likeness (QED) is 0.797. The van der Waals surface area contributed by atoms with Crippen molar-refractivity contribution >= 4 is 5.91 Å². The Morgan fingerprint density at radius 2 is 2.33 bits per heavy atom. The lowest BCUT2D eigenvalue weighted by atomic mass is 10.2. The average molecular weight is 251 g/mol. The minimum atomic E-state index is -0.00973. The molecule has 2 rings (SSSR count). The van der Waals surface area contributed by atoms with Crippen LogP contribution in [0.5, 0.6) is 0 Å². The highest BCUT2D eigenvalue weighted by Gasteiger charge is 2.31. The third-order valence-electron chi connectivity index (χ3n) is 3.24.